The van der Waals surface area contributed by atoms with E-state index in [1.54, 1.807) is 7.11 Å². The molecule has 0 atom stereocenters. The Hall–Kier alpha value is -2.74. The maximum absolute atomic E-state index is 12.5. The average Bonchev–Trinajstić information content (AvgIpc) is 3.18. The average molecular weight is 427 g/mol. The summed E-state index contributed by atoms with van der Waals surface area (Å²) in [6, 6.07) is 8.28. The van der Waals surface area contributed by atoms with Gasteiger partial charge in [0.2, 0.25) is 0 Å². The lowest BCUT2D eigenvalue weighted by atomic mass is 10.1. The molecule has 8 nitrogen and oxygen atoms in total. The smallest absolute Gasteiger partial charge is 0.317 e. The van der Waals surface area contributed by atoms with Crippen molar-refractivity contribution in [1.82, 2.24) is 24.9 Å². The van der Waals surface area contributed by atoms with E-state index in [2.05, 4.69) is 32.3 Å². The van der Waals surface area contributed by atoms with E-state index in [-0.39, 0.29) is 6.03 Å². The number of aryl methyl sites for hydroxylation is 1. The third-order valence-electron chi connectivity index (χ3n) is 6.23. The second-order valence-electron chi connectivity index (χ2n) is 8.39. The number of para-hydroxylation sites is 2. The van der Waals surface area contributed by atoms with Crippen molar-refractivity contribution in [2.24, 2.45) is 7.05 Å². The first-order valence-corrected chi connectivity index (χ1v) is 11.3. The van der Waals surface area contributed by atoms with E-state index < -0.39 is 0 Å². The summed E-state index contributed by atoms with van der Waals surface area (Å²) in [4.78, 5) is 19.3. The number of nitrogens with one attached hydrogen (secondary N) is 1. The maximum atomic E-state index is 12.5. The Morgan fingerprint density at radius 2 is 1.94 bits per heavy atom. The van der Waals surface area contributed by atoms with Gasteiger partial charge in [0.15, 0.2) is 0 Å². The Balaban J connectivity index is 1.11. The number of hydrogen-bond donors (Lipinski definition) is 1. The van der Waals surface area contributed by atoms with E-state index in [4.69, 9.17) is 4.74 Å². The lowest BCUT2D eigenvalue weighted by molar-refractivity contribution is 0.191. The van der Waals surface area contributed by atoms with Crippen LogP contribution in [0.2, 0.25) is 0 Å². The highest BCUT2D eigenvalue weighted by atomic mass is 16.5. The standard InChI is InChI=1S/C23H34N6O2/c1-26-17-19-18-29(12-9-20(19)25-26)23(30)24-10-5-6-11-27-13-15-28(16-14-27)21-7-3-4-8-22(21)31-2/h3-4,7-8,17H,5-6,9-16,18H2,1-2H3,(H,24,30). The number of rotatable bonds is 7. The summed E-state index contributed by atoms with van der Waals surface area (Å²) in [5.41, 5.74) is 3.47. The first-order chi connectivity index (χ1) is 15.1. The van der Waals surface area contributed by atoms with Gasteiger partial charge in [-0.15, -0.1) is 0 Å². The van der Waals surface area contributed by atoms with Gasteiger partial charge in [-0.25, -0.2) is 4.79 Å². The number of nitrogens with zero attached hydrogens (tertiary/aromatic N) is 5. The fourth-order valence-electron chi connectivity index (χ4n) is 4.50. The van der Waals surface area contributed by atoms with Gasteiger partial charge in [0.05, 0.1) is 25.0 Å². The van der Waals surface area contributed by atoms with E-state index in [0.29, 0.717) is 6.54 Å². The monoisotopic (exact) mass is 426 g/mol. The predicted molar refractivity (Wildman–Crippen MR) is 122 cm³/mol. The Labute approximate surface area is 184 Å². The van der Waals surface area contributed by atoms with Crippen molar-refractivity contribution >= 4 is 11.7 Å². The second-order valence-corrected chi connectivity index (χ2v) is 8.39. The van der Waals surface area contributed by atoms with E-state index in [0.717, 1.165) is 82.1 Å². The highest BCUT2D eigenvalue weighted by molar-refractivity contribution is 5.74. The van der Waals surface area contributed by atoms with Crippen LogP contribution in [0.1, 0.15) is 24.1 Å². The zero-order chi connectivity index (χ0) is 21.6. The second kappa shape index (κ2) is 10.0. The molecule has 3 heterocycles. The molecule has 2 aliphatic rings. The minimum atomic E-state index is 0.0416. The first-order valence-electron chi connectivity index (χ1n) is 11.3. The zero-order valence-corrected chi connectivity index (χ0v) is 18.7. The molecule has 1 aromatic heterocycles. The number of methoxy groups -OCH3 is 1. The van der Waals surface area contributed by atoms with Gasteiger partial charge in [0, 0.05) is 64.5 Å². The van der Waals surface area contributed by atoms with E-state index >= 15 is 0 Å². The van der Waals surface area contributed by atoms with Gasteiger partial charge in [-0.05, 0) is 31.5 Å². The first kappa shape index (κ1) is 21.5. The van der Waals surface area contributed by atoms with Crippen LogP contribution >= 0.6 is 0 Å². The number of benzene rings is 1. The number of ether oxygens (including phenoxy) is 1. The lowest BCUT2D eigenvalue weighted by Gasteiger charge is -2.36. The number of amides is 2. The zero-order valence-electron chi connectivity index (χ0n) is 18.7. The third-order valence-corrected chi connectivity index (χ3v) is 6.23. The van der Waals surface area contributed by atoms with E-state index in [1.165, 1.54) is 5.69 Å². The SMILES string of the molecule is COc1ccccc1N1CCN(CCCCNC(=O)N2CCc3nn(C)cc3C2)CC1. The number of carbonyl (C=O) groups excluding carboxylic acids is 1. The summed E-state index contributed by atoms with van der Waals surface area (Å²) in [5, 5.41) is 7.54. The van der Waals surface area contributed by atoms with Gasteiger partial charge in [-0.3, -0.25) is 9.58 Å². The lowest BCUT2D eigenvalue weighted by Crippen LogP contribution is -2.47. The summed E-state index contributed by atoms with van der Waals surface area (Å²) in [6.45, 7) is 7.37. The fourth-order valence-corrected chi connectivity index (χ4v) is 4.50. The van der Waals surface area contributed by atoms with E-state index in [1.807, 2.05) is 35.0 Å². The molecule has 0 saturated carbocycles. The van der Waals surface area contributed by atoms with Gasteiger partial charge in [-0.2, -0.15) is 5.10 Å². The van der Waals surface area contributed by atoms with Gasteiger partial charge in [-0.1, -0.05) is 12.1 Å². The molecule has 0 bridgehead atoms. The summed E-state index contributed by atoms with van der Waals surface area (Å²) < 4.78 is 7.34. The number of carbonyl (C=O) groups is 1. The maximum Gasteiger partial charge on any atom is 0.317 e. The minimum absolute atomic E-state index is 0.0416. The highest BCUT2D eigenvalue weighted by Gasteiger charge is 2.23. The number of piperazine rings is 1. The van der Waals surface area contributed by atoms with Crippen molar-refractivity contribution in [3.63, 3.8) is 0 Å². The molecule has 0 spiro atoms. The molecular formula is C23H34N6O2. The molecule has 1 saturated heterocycles. The fraction of sp³-hybridized carbons (Fsp3) is 0.565. The van der Waals surface area contributed by atoms with Crippen LogP contribution < -0.4 is 15.0 Å². The molecule has 0 aliphatic carbocycles. The Kier molecular flexibility index (Phi) is 6.96. The van der Waals surface area contributed by atoms with Crippen LogP contribution in [-0.4, -0.2) is 78.5 Å². The Morgan fingerprint density at radius 3 is 2.74 bits per heavy atom. The summed E-state index contributed by atoms with van der Waals surface area (Å²) >= 11 is 0. The minimum Gasteiger partial charge on any atom is -0.495 e. The predicted octanol–water partition coefficient (Wildman–Crippen LogP) is 2.10. The molecule has 0 radical (unpaired) electrons. The van der Waals surface area contributed by atoms with Crippen LogP contribution in [0.5, 0.6) is 5.75 Å². The molecule has 2 aromatic rings. The quantitative estimate of drug-likeness (QED) is 0.687. The summed E-state index contributed by atoms with van der Waals surface area (Å²) in [5.74, 6) is 0.945. The van der Waals surface area contributed by atoms with Crippen molar-refractivity contribution in [2.45, 2.75) is 25.8 Å². The van der Waals surface area contributed by atoms with Gasteiger partial charge in [0.25, 0.3) is 0 Å². The topological polar surface area (TPSA) is 65.9 Å². The van der Waals surface area contributed by atoms with Crippen molar-refractivity contribution in [3.8, 4) is 5.75 Å². The van der Waals surface area contributed by atoms with E-state index in [9.17, 15) is 4.79 Å². The molecular weight excluding hydrogens is 392 g/mol. The Morgan fingerprint density at radius 1 is 1.13 bits per heavy atom. The van der Waals surface area contributed by atoms with Crippen LogP contribution in [0.15, 0.2) is 30.5 Å². The van der Waals surface area contributed by atoms with Crippen molar-refractivity contribution < 1.29 is 9.53 Å². The van der Waals surface area contributed by atoms with Gasteiger partial charge >= 0.3 is 6.03 Å². The molecule has 0 unspecified atom stereocenters. The van der Waals surface area contributed by atoms with Crippen LogP contribution in [0.4, 0.5) is 10.5 Å². The molecule has 1 fully saturated rings. The van der Waals surface area contributed by atoms with Crippen LogP contribution in [0, 0.1) is 0 Å². The number of unbranched alkanes of at least 4 members (excludes halogenated alkanes) is 1. The van der Waals surface area contributed by atoms with Crippen LogP contribution in [0.25, 0.3) is 0 Å². The molecule has 31 heavy (non-hydrogen) atoms. The van der Waals surface area contributed by atoms with Gasteiger partial charge in [0.1, 0.15) is 5.75 Å². The van der Waals surface area contributed by atoms with Crippen molar-refractivity contribution in [3.05, 3.63) is 41.7 Å². The molecule has 168 valence electrons. The highest BCUT2D eigenvalue weighted by Crippen LogP contribution is 2.28. The van der Waals surface area contributed by atoms with Crippen LogP contribution in [0.3, 0.4) is 0 Å². The normalized spacial score (nSPS) is 16.8. The molecule has 2 aliphatic heterocycles. The number of anilines is 1. The largest absolute Gasteiger partial charge is 0.495 e. The van der Waals surface area contributed by atoms with Crippen molar-refractivity contribution in [2.75, 3.05) is 57.8 Å². The number of urea groups is 1. The van der Waals surface area contributed by atoms with Crippen LogP contribution in [-0.2, 0) is 20.0 Å². The Bertz CT molecular complexity index is 875. The van der Waals surface area contributed by atoms with Crippen molar-refractivity contribution in [1.29, 1.82) is 0 Å². The molecule has 1 N–H and O–H groups in total. The number of hydrogen-bond acceptors (Lipinski definition) is 5. The number of aromatic nitrogens is 2. The molecule has 8 heteroatoms. The van der Waals surface area contributed by atoms with Gasteiger partial charge < -0.3 is 19.9 Å². The molecule has 2 amide bonds. The number of fused-ring (bicyclic) bond motifs is 1. The molecule has 4 rings (SSSR count). The summed E-state index contributed by atoms with van der Waals surface area (Å²) in [6.07, 6.45) is 4.96. The molecule has 1 aromatic carbocycles. The summed E-state index contributed by atoms with van der Waals surface area (Å²) in [7, 11) is 3.66. The third kappa shape index (κ3) is 5.31.